The molecule has 2 amide bonds. The van der Waals surface area contributed by atoms with E-state index in [9.17, 15) is 18.0 Å². The summed E-state index contributed by atoms with van der Waals surface area (Å²) in [6.07, 6.45) is 1.74. The van der Waals surface area contributed by atoms with E-state index in [1.807, 2.05) is 75.4 Å². The predicted octanol–water partition coefficient (Wildman–Crippen LogP) is 5.37. The lowest BCUT2D eigenvalue weighted by Crippen LogP contribution is -2.52. The van der Waals surface area contributed by atoms with Crippen molar-refractivity contribution in [3.63, 3.8) is 0 Å². The minimum absolute atomic E-state index is 0.0437. The molecule has 0 aliphatic heterocycles. The first-order chi connectivity index (χ1) is 19.9. The van der Waals surface area contributed by atoms with Gasteiger partial charge in [-0.2, -0.15) is 0 Å². The number of aryl methyl sites for hydroxylation is 1. The fourth-order valence-corrected chi connectivity index (χ4v) is 5.93. The Labute approximate surface area is 254 Å². The molecule has 3 rings (SSSR count). The van der Waals surface area contributed by atoms with Gasteiger partial charge >= 0.3 is 0 Å². The van der Waals surface area contributed by atoms with Gasteiger partial charge in [-0.1, -0.05) is 66.2 Å². The average molecular weight is 614 g/mol. The summed E-state index contributed by atoms with van der Waals surface area (Å²) < 4.78 is 31.8. The molecule has 0 aliphatic carbocycles. The third-order valence-electron chi connectivity index (χ3n) is 6.88. The van der Waals surface area contributed by atoms with Crippen LogP contribution in [0.15, 0.2) is 72.8 Å². The Morgan fingerprint density at radius 3 is 2.26 bits per heavy atom. The summed E-state index contributed by atoms with van der Waals surface area (Å²) in [5, 5.41) is 3.27. The molecule has 0 spiro atoms. The van der Waals surface area contributed by atoms with Crippen LogP contribution in [0.2, 0.25) is 5.02 Å². The van der Waals surface area contributed by atoms with E-state index in [0.717, 1.165) is 22.9 Å². The van der Waals surface area contributed by atoms with Gasteiger partial charge in [0.1, 0.15) is 11.8 Å². The molecule has 0 saturated carbocycles. The van der Waals surface area contributed by atoms with Crippen molar-refractivity contribution >= 4 is 39.1 Å². The molecule has 1 N–H and O–H groups in total. The van der Waals surface area contributed by atoms with Gasteiger partial charge in [0.25, 0.3) is 0 Å². The Bertz CT molecular complexity index is 1460. The molecule has 0 bridgehead atoms. The zero-order valence-corrected chi connectivity index (χ0v) is 26.4. The number of hydrogen-bond donors (Lipinski definition) is 1. The standard InChI is InChI=1S/C32H40ClN3O5S/c1-23(2)34-32(38)29(20-25-13-7-6-8-14-25)35(22-26-15-10-9-12-24(26)3)31(37)16-11-19-36(42(5,39)40)27-17-18-30(41-4)28(33)21-27/h6-10,12-15,17-18,21,23,29H,11,16,19-20,22H2,1-5H3,(H,34,38)/t29-/m0/s1. The molecule has 0 radical (unpaired) electrons. The van der Waals surface area contributed by atoms with Crippen LogP contribution in [0.1, 0.15) is 43.4 Å². The molecule has 226 valence electrons. The number of nitrogens with one attached hydrogen (secondary N) is 1. The minimum Gasteiger partial charge on any atom is -0.495 e. The number of halogens is 1. The number of rotatable bonds is 14. The summed E-state index contributed by atoms with van der Waals surface area (Å²) in [5.41, 5.74) is 3.26. The van der Waals surface area contributed by atoms with Crippen LogP contribution >= 0.6 is 11.6 Å². The molecule has 3 aromatic carbocycles. The van der Waals surface area contributed by atoms with Gasteiger partial charge in [-0.3, -0.25) is 13.9 Å². The van der Waals surface area contributed by atoms with E-state index in [1.54, 1.807) is 17.0 Å². The molecule has 0 aromatic heterocycles. The Kier molecular flexibility index (Phi) is 11.8. The van der Waals surface area contributed by atoms with Crippen molar-refractivity contribution in [3.05, 3.63) is 94.5 Å². The zero-order valence-electron chi connectivity index (χ0n) is 24.8. The second-order valence-corrected chi connectivity index (χ2v) is 12.9. The van der Waals surface area contributed by atoms with Crippen LogP contribution in [-0.4, -0.2) is 57.1 Å². The van der Waals surface area contributed by atoms with E-state index in [4.69, 9.17) is 16.3 Å². The summed E-state index contributed by atoms with van der Waals surface area (Å²) in [6, 6.07) is 21.3. The van der Waals surface area contributed by atoms with Crippen LogP contribution in [0, 0.1) is 6.92 Å². The largest absolute Gasteiger partial charge is 0.495 e. The number of amides is 2. The molecule has 0 fully saturated rings. The van der Waals surface area contributed by atoms with Crippen molar-refractivity contribution in [2.24, 2.45) is 0 Å². The highest BCUT2D eigenvalue weighted by Gasteiger charge is 2.31. The Morgan fingerprint density at radius 2 is 1.67 bits per heavy atom. The highest BCUT2D eigenvalue weighted by atomic mass is 35.5. The number of anilines is 1. The minimum atomic E-state index is -3.67. The summed E-state index contributed by atoms with van der Waals surface area (Å²) in [4.78, 5) is 29.1. The highest BCUT2D eigenvalue weighted by Crippen LogP contribution is 2.30. The summed E-state index contributed by atoms with van der Waals surface area (Å²) in [5.74, 6) is -0.0410. The fourth-order valence-electron chi connectivity index (χ4n) is 4.72. The van der Waals surface area contributed by atoms with Crippen LogP contribution in [-0.2, 0) is 32.6 Å². The normalized spacial score (nSPS) is 12.1. The highest BCUT2D eigenvalue weighted by molar-refractivity contribution is 7.92. The van der Waals surface area contributed by atoms with Gasteiger partial charge in [0, 0.05) is 32.0 Å². The van der Waals surface area contributed by atoms with E-state index in [-0.39, 0.29) is 48.8 Å². The number of ether oxygens (including phenoxy) is 1. The van der Waals surface area contributed by atoms with Gasteiger partial charge in [-0.15, -0.1) is 0 Å². The smallest absolute Gasteiger partial charge is 0.243 e. The first-order valence-corrected chi connectivity index (χ1v) is 16.1. The molecule has 8 nitrogen and oxygen atoms in total. The third kappa shape index (κ3) is 9.22. The number of carbonyl (C=O) groups is 2. The molecule has 0 unspecified atom stereocenters. The van der Waals surface area contributed by atoms with E-state index in [2.05, 4.69) is 5.32 Å². The van der Waals surface area contributed by atoms with E-state index < -0.39 is 16.1 Å². The third-order valence-corrected chi connectivity index (χ3v) is 8.37. The zero-order chi connectivity index (χ0) is 30.9. The van der Waals surface area contributed by atoms with Gasteiger partial charge in [0.2, 0.25) is 21.8 Å². The lowest BCUT2D eigenvalue weighted by Gasteiger charge is -2.33. The molecular weight excluding hydrogens is 574 g/mol. The summed E-state index contributed by atoms with van der Waals surface area (Å²) in [7, 11) is -2.18. The number of sulfonamides is 1. The Hall–Kier alpha value is -3.56. The van der Waals surface area contributed by atoms with Crippen LogP contribution in [0.3, 0.4) is 0 Å². The van der Waals surface area contributed by atoms with Crippen molar-refractivity contribution in [2.75, 3.05) is 24.2 Å². The van der Waals surface area contributed by atoms with E-state index in [0.29, 0.717) is 17.9 Å². The molecule has 42 heavy (non-hydrogen) atoms. The van der Waals surface area contributed by atoms with Gasteiger partial charge in [0.05, 0.1) is 24.1 Å². The van der Waals surface area contributed by atoms with Gasteiger partial charge < -0.3 is 15.0 Å². The second-order valence-electron chi connectivity index (χ2n) is 10.6. The van der Waals surface area contributed by atoms with Crippen molar-refractivity contribution in [1.82, 2.24) is 10.2 Å². The quantitative estimate of drug-likeness (QED) is 0.264. The number of carbonyl (C=O) groups excluding carboxylic acids is 2. The SMILES string of the molecule is COc1ccc(N(CCCC(=O)N(Cc2ccccc2C)[C@@H](Cc2ccccc2)C(=O)NC(C)C)S(C)(=O)=O)cc1Cl. The molecule has 10 heteroatoms. The van der Waals surface area contributed by atoms with Crippen LogP contribution in [0.25, 0.3) is 0 Å². The molecule has 3 aromatic rings. The van der Waals surface area contributed by atoms with Crippen molar-refractivity contribution in [3.8, 4) is 5.75 Å². The van der Waals surface area contributed by atoms with Crippen LogP contribution in [0.5, 0.6) is 5.75 Å². The lowest BCUT2D eigenvalue weighted by molar-refractivity contribution is -0.141. The first kappa shape index (κ1) is 32.9. The molecule has 1 atom stereocenters. The monoisotopic (exact) mass is 613 g/mol. The second kappa shape index (κ2) is 15.1. The topological polar surface area (TPSA) is 96.0 Å². The number of hydrogen-bond acceptors (Lipinski definition) is 5. The predicted molar refractivity (Wildman–Crippen MR) is 168 cm³/mol. The van der Waals surface area contributed by atoms with E-state index >= 15 is 0 Å². The van der Waals surface area contributed by atoms with Crippen LogP contribution in [0.4, 0.5) is 5.69 Å². The maximum atomic E-state index is 13.9. The Balaban J connectivity index is 1.89. The number of benzene rings is 3. The Morgan fingerprint density at radius 1 is 1.00 bits per heavy atom. The average Bonchev–Trinajstić information content (AvgIpc) is 2.93. The molecular formula is C32H40ClN3O5S. The maximum absolute atomic E-state index is 13.9. The number of methoxy groups -OCH3 is 1. The maximum Gasteiger partial charge on any atom is 0.243 e. The van der Waals surface area contributed by atoms with E-state index in [1.165, 1.54) is 17.5 Å². The molecule has 0 heterocycles. The first-order valence-electron chi connectivity index (χ1n) is 13.9. The molecule has 0 aliphatic rings. The van der Waals surface area contributed by atoms with Gasteiger partial charge in [-0.25, -0.2) is 8.42 Å². The van der Waals surface area contributed by atoms with Crippen molar-refractivity contribution < 1.29 is 22.7 Å². The van der Waals surface area contributed by atoms with Crippen molar-refractivity contribution in [1.29, 1.82) is 0 Å². The van der Waals surface area contributed by atoms with Crippen LogP contribution < -0.4 is 14.4 Å². The van der Waals surface area contributed by atoms with Crippen molar-refractivity contribution in [2.45, 2.75) is 58.7 Å². The summed E-state index contributed by atoms with van der Waals surface area (Å²) >= 11 is 6.26. The lowest BCUT2D eigenvalue weighted by atomic mass is 10.0. The van der Waals surface area contributed by atoms with Gasteiger partial charge in [0.15, 0.2) is 0 Å². The summed E-state index contributed by atoms with van der Waals surface area (Å²) in [6.45, 7) is 6.06. The fraction of sp³-hybridized carbons (Fsp3) is 0.375. The van der Waals surface area contributed by atoms with Gasteiger partial charge in [-0.05, 0) is 62.1 Å². The number of nitrogens with zero attached hydrogens (tertiary/aromatic N) is 2. The molecule has 0 saturated heterocycles.